The number of nitrogens with zero attached hydrogens (tertiary/aromatic N) is 4. The lowest BCUT2D eigenvalue weighted by atomic mass is 9.99. The van der Waals surface area contributed by atoms with E-state index in [1.54, 1.807) is 0 Å². The maximum absolute atomic E-state index is 11.7. The van der Waals surface area contributed by atoms with Gasteiger partial charge in [0.15, 0.2) is 6.29 Å². The van der Waals surface area contributed by atoms with Crippen LogP contribution in [-0.4, -0.2) is 191 Å². The summed E-state index contributed by atoms with van der Waals surface area (Å²) in [5, 5.41) is 58.5. The first-order valence-electron chi connectivity index (χ1n) is 21.6. The van der Waals surface area contributed by atoms with Crippen molar-refractivity contribution in [2.45, 2.75) is 146 Å². The summed E-state index contributed by atoms with van der Waals surface area (Å²) in [4.78, 5) is 32.5. The Morgan fingerprint density at radius 2 is 0.945 bits per heavy atom. The molecule has 0 aliphatic carbocycles. The smallest absolute Gasteiger partial charge is 0.317 e. The largest absolute Gasteiger partial charge is 0.480 e. The topological polar surface area (TPSA) is 213 Å². The molecule has 2 aliphatic rings. The predicted octanol–water partition coefficient (Wildman–Crippen LogP) is 2.17. The SMILES string of the molecule is NCCCCCCCCCCN1CCCN(CC(=O)O)CCN(CCCCCCCCCCOC2OC(CO)C(O)C(O)C2O)CCCN(CC(=O)O)CC1. The highest BCUT2D eigenvalue weighted by Crippen LogP contribution is 2.22. The van der Waals surface area contributed by atoms with Crippen molar-refractivity contribution in [2.24, 2.45) is 5.73 Å². The fourth-order valence-corrected chi connectivity index (χ4v) is 7.64. The Kier molecular flexibility index (Phi) is 28.4. The number of rotatable bonds is 27. The molecular formula is C40H79N5O10. The minimum atomic E-state index is -1.43. The van der Waals surface area contributed by atoms with Gasteiger partial charge in [-0.25, -0.2) is 0 Å². The van der Waals surface area contributed by atoms with Crippen molar-refractivity contribution in [3.8, 4) is 0 Å². The second-order valence-electron chi connectivity index (χ2n) is 15.7. The van der Waals surface area contributed by atoms with E-state index in [2.05, 4.69) is 19.6 Å². The first kappa shape index (κ1) is 49.6. The van der Waals surface area contributed by atoms with Crippen LogP contribution < -0.4 is 5.73 Å². The van der Waals surface area contributed by atoms with E-state index in [9.17, 15) is 40.2 Å². The van der Waals surface area contributed by atoms with Crippen LogP contribution in [0, 0.1) is 0 Å². The van der Waals surface area contributed by atoms with Gasteiger partial charge >= 0.3 is 11.9 Å². The lowest BCUT2D eigenvalue weighted by molar-refractivity contribution is -0.301. The zero-order valence-corrected chi connectivity index (χ0v) is 33.9. The van der Waals surface area contributed by atoms with Crippen LogP contribution in [0.25, 0.3) is 0 Å². The van der Waals surface area contributed by atoms with Crippen molar-refractivity contribution in [2.75, 3.05) is 98.3 Å². The van der Waals surface area contributed by atoms with Crippen LogP contribution in [0.5, 0.6) is 0 Å². The number of carboxylic acids is 2. The number of aliphatic hydroxyl groups is 4. The van der Waals surface area contributed by atoms with Crippen molar-refractivity contribution in [1.29, 1.82) is 0 Å². The molecule has 8 N–H and O–H groups in total. The second-order valence-corrected chi connectivity index (χ2v) is 15.7. The Morgan fingerprint density at radius 1 is 0.545 bits per heavy atom. The van der Waals surface area contributed by atoms with E-state index in [0.717, 1.165) is 142 Å². The van der Waals surface area contributed by atoms with Crippen molar-refractivity contribution in [3.63, 3.8) is 0 Å². The molecule has 55 heavy (non-hydrogen) atoms. The first-order chi connectivity index (χ1) is 26.6. The Balaban J connectivity index is 1.72. The molecule has 2 saturated heterocycles. The van der Waals surface area contributed by atoms with Gasteiger partial charge in [-0.1, -0.05) is 77.0 Å². The number of hydrogen-bond acceptors (Lipinski definition) is 13. The third kappa shape index (κ3) is 23.5. The zero-order valence-electron chi connectivity index (χ0n) is 33.9. The highest BCUT2D eigenvalue weighted by molar-refractivity contribution is 5.69. The van der Waals surface area contributed by atoms with Gasteiger partial charge in [-0.2, -0.15) is 0 Å². The number of unbranched alkanes of at least 4 members (excludes halogenated alkanes) is 14. The molecule has 2 aliphatic heterocycles. The number of carbonyl (C=O) groups is 2. The second kappa shape index (κ2) is 31.5. The predicted molar refractivity (Wildman–Crippen MR) is 213 cm³/mol. The van der Waals surface area contributed by atoms with Crippen LogP contribution in [0.1, 0.15) is 116 Å². The standard InChI is InChI=1S/C40H79N5O10/c41-19-13-9-5-1-2-6-10-14-20-42-22-17-24-45(32-36(49)50)29-27-43(23-18-25-44(28-26-42)31-35(47)48)21-15-11-7-3-4-8-12-16-30-54-40-39(53)38(52)37(51)34(33-46)55-40/h34,37-40,46,51-53H,1-33,41H2,(H,47,48)(H,49,50). The quantitative estimate of drug-likeness (QED) is 0.0595. The average molecular weight is 790 g/mol. The maximum atomic E-state index is 11.7. The highest BCUT2D eigenvalue weighted by atomic mass is 16.7. The number of ether oxygens (including phenoxy) is 2. The molecule has 0 saturated carbocycles. The van der Waals surface area contributed by atoms with E-state index in [-0.39, 0.29) is 13.1 Å². The molecule has 0 aromatic carbocycles. The molecule has 15 nitrogen and oxygen atoms in total. The van der Waals surface area contributed by atoms with Gasteiger partial charge in [0.05, 0.1) is 19.7 Å². The summed E-state index contributed by atoms with van der Waals surface area (Å²) in [5.74, 6) is -1.58. The first-order valence-corrected chi connectivity index (χ1v) is 21.6. The Labute approximate surface area is 331 Å². The van der Waals surface area contributed by atoms with Gasteiger partial charge in [0.25, 0.3) is 0 Å². The number of nitrogens with two attached hydrogens (primary N) is 1. The summed E-state index contributed by atoms with van der Waals surface area (Å²) >= 11 is 0. The minimum absolute atomic E-state index is 0.0470. The highest BCUT2D eigenvalue weighted by Gasteiger charge is 2.43. The third-order valence-electron chi connectivity index (χ3n) is 11.0. The van der Waals surface area contributed by atoms with Gasteiger partial charge in [0.1, 0.15) is 24.4 Å². The van der Waals surface area contributed by atoms with Crippen LogP contribution in [0.3, 0.4) is 0 Å². The molecule has 0 radical (unpaired) electrons. The van der Waals surface area contributed by atoms with E-state index >= 15 is 0 Å². The minimum Gasteiger partial charge on any atom is -0.480 e. The number of carboxylic acid groups (broad SMARTS) is 2. The van der Waals surface area contributed by atoms with Gasteiger partial charge in [-0.3, -0.25) is 19.4 Å². The van der Waals surface area contributed by atoms with Crippen molar-refractivity contribution < 1.29 is 49.7 Å². The van der Waals surface area contributed by atoms with Crippen molar-refractivity contribution in [3.05, 3.63) is 0 Å². The van der Waals surface area contributed by atoms with Crippen molar-refractivity contribution >= 4 is 11.9 Å². The van der Waals surface area contributed by atoms with Gasteiger partial charge in [-0.05, 0) is 71.2 Å². The molecule has 5 atom stereocenters. The van der Waals surface area contributed by atoms with E-state index in [4.69, 9.17) is 15.2 Å². The monoisotopic (exact) mass is 790 g/mol. The number of hydrogen-bond donors (Lipinski definition) is 7. The molecule has 324 valence electrons. The van der Waals surface area contributed by atoms with Crippen LogP contribution in [-0.2, 0) is 19.1 Å². The number of aliphatic hydroxyl groups excluding tert-OH is 4. The van der Waals surface area contributed by atoms with E-state index in [1.165, 1.54) is 38.5 Å². The van der Waals surface area contributed by atoms with E-state index in [0.29, 0.717) is 13.2 Å². The normalized spacial score (nSPS) is 24.9. The molecular weight excluding hydrogens is 710 g/mol. The van der Waals surface area contributed by atoms with Gasteiger partial charge < -0.3 is 55.6 Å². The van der Waals surface area contributed by atoms with Crippen LogP contribution in [0.15, 0.2) is 0 Å². The maximum Gasteiger partial charge on any atom is 0.317 e. The molecule has 0 aromatic heterocycles. The molecule has 2 rings (SSSR count). The van der Waals surface area contributed by atoms with Crippen LogP contribution in [0.2, 0.25) is 0 Å². The third-order valence-corrected chi connectivity index (χ3v) is 11.0. The molecule has 5 unspecified atom stereocenters. The number of aliphatic carboxylic acids is 2. The van der Waals surface area contributed by atoms with E-state index in [1.807, 2.05) is 0 Å². The van der Waals surface area contributed by atoms with E-state index < -0.39 is 49.3 Å². The molecule has 15 heteroatoms. The molecule has 0 amide bonds. The molecule has 0 bridgehead atoms. The molecule has 0 spiro atoms. The van der Waals surface area contributed by atoms with Gasteiger partial charge in [0, 0.05) is 45.9 Å². The van der Waals surface area contributed by atoms with Gasteiger partial charge in [-0.15, -0.1) is 0 Å². The summed E-state index contributed by atoms with van der Waals surface area (Å²) in [6.45, 7) is 8.94. The fourth-order valence-electron chi connectivity index (χ4n) is 7.64. The van der Waals surface area contributed by atoms with Crippen molar-refractivity contribution in [1.82, 2.24) is 19.6 Å². The average Bonchev–Trinajstić information content (AvgIpc) is 3.15. The van der Waals surface area contributed by atoms with Gasteiger partial charge in [0.2, 0.25) is 0 Å². The summed E-state index contributed by atoms with van der Waals surface area (Å²) < 4.78 is 11.0. The lowest BCUT2D eigenvalue weighted by Crippen LogP contribution is -2.59. The summed E-state index contributed by atoms with van der Waals surface area (Å²) in [5.41, 5.74) is 5.60. The fraction of sp³-hybridized carbons (Fsp3) is 0.950. The Bertz CT molecular complexity index is 969. The lowest BCUT2D eigenvalue weighted by Gasteiger charge is -2.39. The Morgan fingerprint density at radius 3 is 1.38 bits per heavy atom. The molecule has 2 heterocycles. The zero-order chi connectivity index (χ0) is 40.1. The summed E-state index contributed by atoms with van der Waals surface area (Å²) in [7, 11) is 0. The molecule has 0 aromatic rings. The Hall–Kier alpha value is -1.50. The van der Waals surface area contributed by atoms with Crippen LogP contribution >= 0.6 is 0 Å². The summed E-state index contributed by atoms with van der Waals surface area (Å²) in [6, 6.07) is 0. The molecule has 2 fully saturated rings. The van der Waals surface area contributed by atoms with Crippen LogP contribution in [0.4, 0.5) is 0 Å². The summed E-state index contributed by atoms with van der Waals surface area (Å²) in [6.07, 6.45) is 13.6.